The van der Waals surface area contributed by atoms with Crippen molar-refractivity contribution in [1.82, 2.24) is 0 Å². The van der Waals surface area contributed by atoms with Gasteiger partial charge in [-0.2, -0.15) is 0 Å². The van der Waals surface area contributed by atoms with Crippen molar-refractivity contribution in [2.75, 3.05) is 0 Å². The van der Waals surface area contributed by atoms with E-state index in [1.165, 1.54) is 0 Å². The van der Waals surface area contributed by atoms with Crippen molar-refractivity contribution in [3.05, 3.63) is 35.9 Å². The average molecular weight is 206 g/mol. The zero-order valence-corrected chi connectivity index (χ0v) is 8.59. The van der Waals surface area contributed by atoms with Crippen LogP contribution < -0.4 is 0 Å². The minimum atomic E-state index is -0.747. The van der Waals surface area contributed by atoms with Crippen molar-refractivity contribution in [1.29, 1.82) is 0 Å². The molecule has 3 atom stereocenters. The maximum atomic E-state index is 11.4. The van der Waals surface area contributed by atoms with Gasteiger partial charge in [-0.1, -0.05) is 30.3 Å². The molecule has 0 amide bonds. The van der Waals surface area contributed by atoms with Crippen molar-refractivity contribution in [2.45, 2.75) is 25.6 Å². The van der Waals surface area contributed by atoms with Crippen LogP contribution in [0.15, 0.2) is 30.3 Å². The molecule has 1 N–H and O–H groups in total. The van der Waals surface area contributed by atoms with Crippen LogP contribution in [0.2, 0.25) is 0 Å². The number of benzene rings is 1. The molecular weight excluding hydrogens is 192 g/mol. The highest BCUT2D eigenvalue weighted by molar-refractivity contribution is 5.75. The molecule has 15 heavy (non-hydrogen) atoms. The van der Waals surface area contributed by atoms with Crippen molar-refractivity contribution in [3.8, 4) is 0 Å². The first-order chi connectivity index (χ1) is 7.18. The molecule has 3 unspecified atom stereocenters. The van der Waals surface area contributed by atoms with E-state index in [-0.39, 0.29) is 12.1 Å². The molecule has 2 rings (SSSR count). The fourth-order valence-electron chi connectivity index (χ4n) is 1.93. The minimum absolute atomic E-state index is 0.0825. The second-order valence-electron chi connectivity index (χ2n) is 3.95. The Morgan fingerprint density at radius 3 is 2.60 bits per heavy atom. The number of cyclic esters (lactones) is 1. The third-order valence-electron chi connectivity index (χ3n) is 2.73. The summed E-state index contributed by atoms with van der Waals surface area (Å²) in [6.07, 6.45) is -0.237. The van der Waals surface area contributed by atoms with E-state index in [0.29, 0.717) is 6.42 Å². The van der Waals surface area contributed by atoms with Crippen molar-refractivity contribution < 1.29 is 14.6 Å². The van der Waals surface area contributed by atoms with Crippen molar-refractivity contribution >= 4 is 5.97 Å². The maximum absolute atomic E-state index is 11.4. The van der Waals surface area contributed by atoms with E-state index >= 15 is 0 Å². The van der Waals surface area contributed by atoms with Crippen molar-refractivity contribution in [3.63, 3.8) is 0 Å². The third-order valence-corrected chi connectivity index (χ3v) is 2.73. The Labute approximate surface area is 88.7 Å². The summed E-state index contributed by atoms with van der Waals surface area (Å²) >= 11 is 0. The molecule has 0 aromatic heterocycles. The van der Waals surface area contributed by atoms with Gasteiger partial charge in [0.15, 0.2) is 0 Å². The molecule has 0 bridgehead atoms. The molecule has 1 heterocycles. The van der Waals surface area contributed by atoms with Crippen molar-refractivity contribution in [2.24, 2.45) is 5.92 Å². The zero-order chi connectivity index (χ0) is 10.8. The summed E-state index contributed by atoms with van der Waals surface area (Å²) in [5, 5.41) is 10.0. The second-order valence-corrected chi connectivity index (χ2v) is 3.95. The van der Waals surface area contributed by atoms with Crippen LogP contribution in [0.3, 0.4) is 0 Å². The van der Waals surface area contributed by atoms with E-state index < -0.39 is 12.0 Å². The van der Waals surface area contributed by atoms with E-state index in [0.717, 1.165) is 5.56 Å². The number of aliphatic hydroxyl groups is 1. The molecule has 3 heteroatoms. The monoisotopic (exact) mass is 206 g/mol. The fourth-order valence-corrected chi connectivity index (χ4v) is 1.93. The predicted molar refractivity (Wildman–Crippen MR) is 55.1 cm³/mol. The van der Waals surface area contributed by atoms with Gasteiger partial charge in [0, 0.05) is 6.42 Å². The smallest absolute Gasteiger partial charge is 0.312 e. The molecule has 1 aromatic carbocycles. The van der Waals surface area contributed by atoms with Gasteiger partial charge >= 0.3 is 5.97 Å². The molecule has 80 valence electrons. The summed E-state index contributed by atoms with van der Waals surface area (Å²) in [6.45, 7) is 1.84. The molecule has 1 aliphatic heterocycles. The molecule has 0 radical (unpaired) electrons. The first-order valence-corrected chi connectivity index (χ1v) is 5.12. The van der Waals surface area contributed by atoms with E-state index in [4.69, 9.17) is 4.74 Å². The number of aliphatic hydroxyl groups excluding tert-OH is 1. The summed E-state index contributed by atoms with van der Waals surface area (Å²) in [7, 11) is 0. The Morgan fingerprint density at radius 1 is 1.40 bits per heavy atom. The molecule has 1 fully saturated rings. The van der Waals surface area contributed by atoms with Gasteiger partial charge < -0.3 is 9.84 Å². The molecule has 0 aliphatic carbocycles. The molecule has 0 saturated carbocycles. The van der Waals surface area contributed by atoms with E-state index in [9.17, 15) is 9.90 Å². The molecular formula is C12H14O3. The minimum Gasteiger partial charge on any atom is -0.462 e. The normalized spacial score (nSPS) is 27.5. The Morgan fingerprint density at radius 2 is 2.07 bits per heavy atom. The van der Waals surface area contributed by atoms with E-state index in [1.54, 1.807) is 0 Å². The highest BCUT2D eigenvalue weighted by Crippen LogP contribution is 2.32. The van der Waals surface area contributed by atoms with Crippen LogP contribution in [0, 0.1) is 5.92 Å². The van der Waals surface area contributed by atoms with Gasteiger partial charge in [0.25, 0.3) is 0 Å². The quantitative estimate of drug-likeness (QED) is 0.749. The first kappa shape index (κ1) is 10.2. The fraction of sp³-hybridized carbons (Fsp3) is 0.417. The van der Waals surface area contributed by atoms with Gasteiger partial charge in [-0.25, -0.2) is 0 Å². The molecule has 0 spiro atoms. The Bertz CT molecular complexity index is 347. The van der Waals surface area contributed by atoms with Crippen LogP contribution in [0.5, 0.6) is 0 Å². The van der Waals surface area contributed by atoms with Crippen LogP contribution in [-0.4, -0.2) is 17.2 Å². The van der Waals surface area contributed by atoms with Gasteiger partial charge in [-0.3, -0.25) is 4.79 Å². The van der Waals surface area contributed by atoms with E-state index in [2.05, 4.69) is 0 Å². The summed E-state index contributed by atoms with van der Waals surface area (Å²) in [6, 6.07) is 9.22. The van der Waals surface area contributed by atoms with Gasteiger partial charge in [-0.15, -0.1) is 0 Å². The van der Waals surface area contributed by atoms with E-state index in [1.807, 2.05) is 37.3 Å². The number of carbonyl (C=O) groups excluding carboxylic acids is 1. The lowest BCUT2D eigenvalue weighted by molar-refractivity contribution is -0.146. The topological polar surface area (TPSA) is 46.5 Å². The lowest BCUT2D eigenvalue weighted by Crippen LogP contribution is -2.17. The Balaban J connectivity index is 2.15. The summed E-state index contributed by atoms with van der Waals surface area (Å²) in [5.74, 6) is -0.707. The zero-order valence-electron chi connectivity index (χ0n) is 8.59. The Kier molecular flexibility index (Phi) is 2.73. The number of ether oxygens (including phenoxy) is 1. The second kappa shape index (κ2) is 4.03. The summed E-state index contributed by atoms with van der Waals surface area (Å²) in [5.41, 5.74) is 0.772. The molecule has 1 saturated heterocycles. The lowest BCUT2D eigenvalue weighted by Gasteiger charge is -2.14. The van der Waals surface area contributed by atoms with Gasteiger partial charge in [0.2, 0.25) is 0 Å². The van der Waals surface area contributed by atoms with Crippen LogP contribution in [-0.2, 0) is 9.53 Å². The van der Waals surface area contributed by atoms with Crippen LogP contribution >= 0.6 is 0 Å². The SMILES string of the molecule is CC1CC(C(O)c2ccccc2)C(=O)O1. The largest absolute Gasteiger partial charge is 0.462 e. The predicted octanol–water partition coefficient (Wildman–Crippen LogP) is 1.67. The summed E-state index contributed by atoms with van der Waals surface area (Å²) < 4.78 is 5.02. The van der Waals surface area contributed by atoms with Gasteiger partial charge in [0.05, 0.1) is 18.1 Å². The van der Waals surface area contributed by atoms with Gasteiger partial charge in [0.1, 0.15) is 0 Å². The number of esters is 1. The number of hydrogen-bond acceptors (Lipinski definition) is 3. The molecule has 1 aliphatic rings. The average Bonchev–Trinajstić information content (AvgIpc) is 2.58. The highest BCUT2D eigenvalue weighted by Gasteiger charge is 2.37. The van der Waals surface area contributed by atoms with Crippen LogP contribution in [0.25, 0.3) is 0 Å². The molecule has 3 nitrogen and oxygen atoms in total. The van der Waals surface area contributed by atoms with Crippen LogP contribution in [0.4, 0.5) is 0 Å². The summed E-state index contributed by atoms with van der Waals surface area (Å²) in [4.78, 5) is 11.4. The highest BCUT2D eigenvalue weighted by atomic mass is 16.6. The number of carbonyl (C=O) groups is 1. The Hall–Kier alpha value is -1.35. The maximum Gasteiger partial charge on any atom is 0.312 e. The van der Waals surface area contributed by atoms with Crippen LogP contribution in [0.1, 0.15) is 25.0 Å². The first-order valence-electron chi connectivity index (χ1n) is 5.12. The van der Waals surface area contributed by atoms with Gasteiger partial charge in [-0.05, 0) is 12.5 Å². The standard InChI is InChI=1S/C12H14O3/c1-8-7-10(12(14)15-8)11(13)9-5-3-2-4-6-9/h2-6,8,10-11,13H,7H2,1H3. The lowest BCUT2D eigenvalue weighted by atomic mass is 9.93. The third kappa shape index (κ3) is 2.02. The molecule has 1 aromatic rings. The number of hydrogen-bond donors (Lipinski definition) is 1. The number of rotatable bonds is 2.